The lowest BCUT2D eigenvalue weighted by molar-refractivity contribution is -0.704. The second kappa shape index (κ2) is 29.7. The smallest absolute Gasteiger partial charge is 0.234 e. The van der Waals surface area contributed by atoms with Crippen molar-refractivity contribution in [3.8, 4) is 0 Å². The van der Waals surface area contributed by atoms with E-state index >= 15 is 0 Å². The highest BCUT2D eigenvalue weighted by Crippen LogP contribution is 2.15. The first-order chi connectivity index (χ1) is 19.8. The second-order valence-corrected chi connectivity index (χ2v) is 13.0. The maximum Gasteiger partial charge on any atom is 0.256 e. The minimum absolute atomic E-state index is 1.23. The number of hydrogen-bond donors (Lipinski definition) is 0. The van der Waals surface area contributed by atoms with Crippen molar-refractivity contribution in [3.05, 3.63) is 18.2 Å². The predicted octanol–water partition coefficient (Wildman–Crippen LogP) is 12.7. The van der Waals surface area contributed by atoms with Crippen molar-refractivity contribution in [2.24, 2.45) is 0 Å². The van der Waals surface area contributed by atoms with Crippen molar-refractivity contribution in [2.45, 2.75) is 226 Å². The van der Waals surface area contributed by atoms with Crippen LogP contribution >= 0.6 is 0 Å². The van der Waals surface area contributed by atoms with Crippen LogP contribution in [-0.2, 0) is 19.5 Å². The predicted molar refractivity (Wildman–Crippen MR) is 179 cm³/mol. The van der Waals surface area contributed by atoms with Crippen LogP contribution < -0.4 is 4.57 Å². The summed E-state index contributed by atoms with van der Waals surface area (Å²) in [5, 5.41) is 0. The van der Waals surface area contributed by atoms with E-state index in [1.54, 1.807) is 5.82 Å². The molecule has 2 nitrogen and oxygen atoms in total. The van der Waals surface area contributed by atoms with Crippen LogP contribution in [0.2, 0.25) is 0 Å². The Morgan fingerprint density at radius 3 is 1.20 bits per heavy atom. The molecule has 40 heavy (non-hydrogen) atoms. The Balaban J connectivity index is 2.22. The largest absolute Gasteiger partial charge is 0.256 e. The van der Waals surface area contributed by atoms with Crippen LogP contribution in [0.4, 0.5) is 0 Å². The van der Waals surface area contributed by atoms with E-state index in [0.717, 1.165) is 0 Å². The lowest BCUT2D eigenvalue weighted by Crippen LogP contribution is -2.37. The van der Waals surface area contributed by atoms with Gasteiger partial charge in [-0.2, -0.15) is 0 Å². The molecule has 1 heterocycles. The Morgan fingerprint density at radius 2 is 0.775 bits per heavy atom. The third-order valence-corrected chi connectivity index (χ3v) is 9.10. The molecular weight excluding hydrogens is 484 g/mol. The van der Waals surface area contributed by atoms with Gasteiger partial charge in [-0.3, -0.25) is 0 Å². The molecule has 0 aliphatic carbocycles. The minimum atomic E-state index is 1.23. The van der Waals surface area contributed by atoms with Gasteiger partial charge in [0.25, 0.3) is 5.82 Å². The van der Waals surface area contributed by atoms with E-state index in [-0.39, 0.29) is 0 Å². The van der Waals surface area contributed by atoms with Gasteiger partial charge < -0.3 is 0 Å². The molecule has 1 rings (SSSR count). The first kappa shape index (κ1) is 37.2. The van der Waals surface area contributed by atoms with Crippen LogP contribution in [0, 0.1) is 0 Å². The average Bonchev–Trinajstić information content (AvgIpc) is 3.35. The fraction of sp³-hybridized carbons (Fsp3) is 0.921. The zero-order valence-corrected chi connectivity index (χ0v) is 28.2. The number of unbranched alkanes of at least 4 members (excludes halogenated alkanes) is 26. The standard InChI is InChI=1S/C38H75N2/c1-4-7-10-13-16-18-19-20-21-22-23-24-26-29-32-35-40-37-36-39(34-31-28-25-17-14-11-8-5-2)38(40)33-30-27-15-12-9-6-3/h36-37H,4-35H2,1-3H3/q+1. The van der Waals surface area contributed by atoms with Crippen molar-refractivity contribution in [3.63, 3.8) is 0 Å². The second-order valence-electron chi connectivity index (χ2n) is 13.0. The van der Waals surface area contributed by atoms with Crippen LogP contribution in [-0.4, -0.2) is 4.57 Å². The van der Waals surface area contributed by atoms with Crippen LogP contribution in [0.25, 0.3) is 0 Å². The van der Waals surface area contributed by atoms with Crippen LogP contribution in [0.5, 0.6) is 0 Å². The molecule has 0 aliphatic heterocycles. The van der Waals surface area contributed by atoms with Crippen LogP contribution in [0.3, 0.4) is 0 Å². The Labute approximate surface area is 253 Å². The van der Waals surface area contributed by atoms with Crippen LogP contribution in [0.15, 0.2) is 12.4 Å². The highest BCUT2D eigenvalue weighted by molar-refractivity contribution is 4.84. The zero-order valence-electron chi connectivity index (χ0n) is 28.2. The molecule has 2 heteroatoms. The van der Waals surface area contributed by atoms with Gasteiger partial charge in [0, 0.05) is 6.42 Å². The van der Waals surface area contributed by atoms with E-state index in [4.69, 9.17) is 0 Å². The number of hydrogen-bond acceptors (Lipinski definition) is 0. The minimum Gasteiger partial charge on any atom is -0.234 e. The number of nitrogens with zero attached hydrogens (tertiary/aromatic N) is 2. The van der Waals surface area contributed by atoms with Crippen molar-refractivity contribution in [2.75, 3.05) is 0 Å². The summed E-state index contributed by atoms with van der Waals surface area (Å²) in [6, 6.07) is 0. The van der Waals surface area contributed by atoms with Crippen molar-refractivity contribution in [1.29, 1.82) is 0 Å². The molecule has 0 aromatic carbocycles. The lowest BCUT2D eigenvalue weighted by atomic mass is 10.0. The van der Waals surface area contributed by atoms with Crippen molar-refractivity contribution in [1.82, 2.24) is 4.57 Å². The van der Waals surface area contributed by atoms with Crippen molar-refractivity contribution >= 4 is 0 Å². The molecule has 0 bridgehead atoms. The van der Waals surface area contributed by atoms with Crippen LogP contribution in [0.1, 0.15) is 213 Å². The maximum absolute atomic E-state index is 2.62. The first-order valence-electron chi connectivity index (χ1n) is 18.9. The molecule has 236 valence electrons. The van der Waals surface area contributed by atoms with Gasteiger partial charge in [0.2, 0.25) is 0 Å². The summed E-state index contributed by atoms with van der Waals surface area (Å²) in [5.41, 5.74) is 0. The summed E-state index contributed by atoms with van der Waals surface area (Å²) in [6.07, 6.45) is 47.4. The third kappa shape index (κ3) is 21.9. The average molecular weight is 560 g/mol. The SMILES string of the molecule is CCCCCCCCCCCCCCCCC[n+]1ccn(CCCCCCCCCC)c1CCCCCCCC. The Kier molecular flexibility index (Phi) is 27.6. The molecule has 1 aromatic rings. The maximum atomic E-state index is 2.62. The highest BCUT2D eigenvalue weighted by atomic mass is 15.1. The molecule has 0 unspecified atom stereocenters. The van der Waals surface area contributed by atoms with E-state index < -0.39 is 0 Å². The molecule has 0 aliphatic rings. The molecule has 0 spiro atoms. The molecule has 0 saturated carbocycles. The molecule has 0 atom stereocenters. The molecule has 0 radical (unpaired) electrons. The molecule has 0 fully saturated rings. The summed E-state index contributed by atoms with van der Waals surface area (Å²) >= 11 is 0. The van der Waals surface area contributed by atoms with Crippen molar-refractivity contribution < 1.29 is 4.57 Å². The Morgan fingerprint density at radius 1 is 0.425 bits per heavy atom. The number of imidazole rings is 1. The monoisotopic (exact) mass is 560 g/mol. The topological polar surface area (TPSA) is 8.81 Å². The fourth-order valence-electron chi connectivity index (χ4n) is 6.33. The molecule has 0 saturated heterocycles. The number of aromatic nitrogens is 2. The van der Waals surface area contributed by atoms with Gasteiger partial charge in [-0.1, -0.05) is 175 Å². The third-order valence-electron chi connectivity index (χ3n) is 9.10. The fourth-order valence-corrected chi connectivity index (χ4v) is 6.33. The normalized spacial score (nSPS) is 11.6. The Bertz CT molecular complexity index is 619. The van der Waals surface area contributed by atoms with E-state index in [2.05, 4.69) is 42.3 Å². The summed E-state index contributed by atoms with van der Waals surface area (Å²) in [7, 11) is 0. The van der Waals surface area contributed by atoms with E-state index in [1.165, 1.54) is 206 Å². The Hall–Kier alpha value is -0.790. The number of rotatable bonds is 32. The highest BCUT2D eigenvalue weighted by Gasteiger charge is 2.16. The van der Waals surface area contributed by atoms with Gasteiger partial charge >= 0.3 is 0 Å². The van der Waals surface area contributed by atoms with E-state index in [1.807, 2.05) is 0 Å². The quantitative estimate of drug-likeness (QED) is 0.0613. The van der Waals surface area contributed by atoms with Gasteiger partial charge in [0.15, 0.2) is 0 Å². The van der Waals surface area contributed by atoms with Gasteiger partial charge in [0.05, 0.1) is 13.1 Å². The van der Waals surface area contributed by atoms with Gasteiger partial charge in [-0.15, -0.1) is 0 Å². The van der Waals surface area contributed by atoms with Gasteiger partial charge in [-0.05, 0) is 32.1 Å². The number of aryl methyl sites for hydroxylation is 2. The van der Waals surface area contributed by atoms with E-state index in [9.17, 15) is 0 Å². The van der Waals surface area contributed by atoms with Gasteiger partial charge in [0.1, 0.15) is 12.4 Å². The summed E-state index contributed by atoms with van der Waals surface area (Å²) in [5.74, 6) is 1.61. The lowest BCUT2D eigenvalue weighted by Gasteiger charge is -2.07. The van der Waals surface area contributed by atoms with E-state index in [0.29, 0.717) is 0 Å². The summed E-state index contributed by atoms with van der Waals surface area (Å²) in [6.45, 7) is 9.40. The summed E-state index contributed by atoms with van der Waals surface area (Å²) in [4.78, 5) is 0. The summed E-state index contributed by atoms with van der Waals surface area (Å²) < 4.78 is 5.24. The van der Waals surface area contributed by atoms with Gasteiger partial charge in [-0.25, -0.2) is 9.13 Å². The molecule has 0 N–H and O–H groups in total. The molecular formula is C38H75N2+. The molecule has 0 amide bonds. The molecule has 1 aromatic heterocycles. The first-order valence-corrected chi connectivity index (χ1v) is 18.9. The zero-order chi connectivity index (χ0) is 28.8.